The second-order valence-corrected chi connectivity index (χ2v) is 4.65. The molecule has 0 fully saturated rings. The predicted octanol–water partition coefficient (Wildman–Crippen LogP) is 2.49. The minimum Gasteiger partial charge on any atom is -0.298 e. The topological polar surface area (TPSA) is 52.7 Å². The van der Waals surface area contributed by atoms with Crippen LogP contribution >= 0.6 is 0 Å². The number of aldehydes is 1. The van der Waals surface area contributed by atoms with Gasteiger partial charge in [-0.05, 0) is 31.5 Å². The van der Waals surface area contributed by atoms with Gasteiger partial charge in [-0.15, -0.1) is 0 Å². The van der Waals surface area contributed by atoms with E-state index >= 15 is 0 Å². The average Bonchev–Trinajstić information content (AvgIpc) is 3.03. The van der Waals surface area contributed by atoms with Gasteiger partial charge in [0.25, 0.3) is 0 Å². The van der Waals surface area contributed by atoms with Crippen LogP contribution in [0, 0.1) is 13.8 Å². The maximum Gasteiger partial charge on any atom is 0.167 e. The van der Waals surface area contributed by atoms with Gasteiger partial charge in [0.1, 0.15) is 0 Å². The zero-order chi connectivity index (χ0) is 14.1. The van der Waals surface area contributed by atoms with Crippen molar-refractivity contribution < 1.29 is 4.79 Å². The van der Waals surface area contributed by atoms with Gasteiger partial charge in [0.15, 0.2) is 12.1 Å². The van der Waals surface area contributed by atoms with Crippen LogP contribution in [0.3, 0.4) is 0 Å². The van der Waals surface area contributed by atoms with Gasteiger partial charge in [0.05, 0.1) is 23.1 Å². The molecule has 0 aliphatic rings. The first-order valence-corrected chi connectivity index (χ1v) is 6.32. The lowest BCUT2D eigenvalue weighted by atomic mass is 10.2. The molecule has 0 atom stereocenters. The Balaban J connectivity index is 2.28. The molecule has 100 valence electrons. The lowest BCUT2D eigenvalue weighted by Gasteiger charge is -2.07. The Hall–Kier alpha value is -2.69. The number of hydrogen-bond acceptors (Lipinski definition) is 3. The van der Waals surface area contributed by atoms with Gasteiger partial charge in [-0.25, -0.2) is 9.36 Å². The van der Waals surface area contributed by atoms with Crippen LogP contribution in [-0.2, 0) is 0 Å². The van der Waals surface area contributed by atoms with Crippen molar-refractivity contribution in [3.63, 3.8) is 0 Å². The number of aromatic nitrogens is 4. The Kier molecular flexibility index (Phi) is 2.95. The highest BCUT2D eigenvalue weighted by atomic mass is 16.1. The molecule has 0 N–H and O–H groups in total. The van der Waals surface area contributed by atoms with E-state index in [1.807, 2.05) is 50.4 Å². The third-order valence-corrected chi connectivity index (χ3v) is 3.13. The molecule has 0 aliphatic carbocycles. The SMILES string of the molecule is Cc1cnn(-c2c(C=O)c(C)nn2-c2ccccc2)c1. The van der Waals surface area contributed by atoms with Crippen LogP contribution in [0.5, 0.6) is 0 Å². The van der Waals surface area contributed by atoms with Crippen LogP contribution < -0.4 is 0 Å². The molecule has 0 bridgehead atoms. The van der Waals surface area contributed by atoms with Gasteiger partial charge in [-0.1, -0.05) is 18.2 Å². The summed E-state index contributed by atoms with van der Waals surface area (Å²) in [5.41, 5.74) is 3.16. The fraction of sp³-hybridized carbons (Fsp3) is 0.133. The van der Waals surface area contributed by atoms with Crippen LogP contribution in [-0.4, -0.2) is 25.8 Å². The summed E-state index contributed by atoms with van der Waals surface area (Å²) in [5, 5.41) is 8.75. The fourth-order valence-corrected chi connectivity index (χ4v) is 2.16. The normalized spacial score (nSPS) is 10.7. The number of benzene rings is 1. The number of para-hydroxylation sites is 1. The van der Waals surface area contributed by atoms with Gasteiger partial charge >= 0.3 is 0 Å². The number of rotatable bonds is 3. The lowest BCUT2D eigenvalue weighted by Crippen LogP contribution is -2.07. The van der Waals surface area contributed by atoms with Crippen LogP contribution in [0.2, 0.25) is 0 Å². The minimum absolute atomic E-state index is 0.553. The smallest absolute Gasteiger partial charge is 0.167 e. The zero-order valence-electron chi connectivity index (χ0n) is 11.3. The van der Waals surface area contributed by atoms with Crippen molar-refractivity contribution in [3.05, 3.63) is 59.5 Å². The molecule has 0 aliphatic heterocycles. The molecule has 20 heavy (non-hydrogen) atoms. The van der Waals surface area contributed by atoms with Crippen molar-refractivity contribution in [1.29, 1.82) is 0 Å². The van der Waals surface area contributed by atoms with E-state index < -0.39 is 0 Å². The molecule has 3 rings (SSSR count). The summed E-state index contributed by atoms with van der Waals surface area (Å²) in [6.07, 6.45) is 4.46. The van der Waals surface area contributed by atoms with E-state index in [0.29, 0.717) is 17.1 Å². The van der Waals surface area contributed by atoms with E-state index in [1.54, 1.807) is 15.6 Å². The molecule has 0 saturated carbocycles. The Morgan fingerprint density at radius 2 is 1.90 bits per heavy atom. The second-order valence-electron chi connectivity index (χ2n) is 4.65. The Morgan fingerprint density at radius 3 is 2.50 bits per heavy atom. The Morgan fingerprint density at radius 1 is 1.15 bits per heavy atom. The van der Waals surface area contributed by atoms with Crippen molar-refractivity contribution >= 4 is 6.29 Å². The van der Waals surface area contributed by atoms with Gasteiger partial charge in [-0.3, -0.25) is 4.79 Å². The Bertz CT molecular complexity index is 756. The number of aryl methyl sites for hydroxylation is 2. The highest BCUT2D eigenvalue weighted by Crippen LogP contribution is 2.20. The molecular weight excluding hydrogens is 252 g/mol. The van der Waals surface area contributed by atoms with E-state index in [1.165, 1.54) is 0 Å². The maximum atomic E-state index is 11.4. The molecule has 1 aromatic carbocycles. The highest BCUT2D eigenvalue weighted by Gasteiger charge is 2.18. The van der Waals surface area contributed by atoms with E-state index in [0.717, 1.165) is 17.5 Å². The number of carbonyl (C=O) groups excluding carboxylic acids is 1. The number of carbonyl (C=O) groups is 1. The van der Waals surface area contributed by atoms with Gasteiger partial charge in [-0.2, -0.15) is 10.2 Å². The molecule has 5 nitrogen and oxygen atoms in total. The van der Waals surface area contributed by atoms with Crippen molar-refractivity contribution in [2.75, 3.05) is 0 Å². The summed E-state index contributed by atoms with van der Waals surface area (Å²) in [5.74, 6) is 0.664. The molecule has 0 unspecified atom stereocenters. The summed E-state index contributed by atoms with van der Waals surface area (Å²) in [6, 6.07) is 9.70. The first-order valence-electron chi connectivity index (χ1n) is 6.32. The zero-order valence-corrected chi connectivity index (χ0v) is 11.3. The molecule has 0 amide bonds. The monoisotopic (exact) mass is 266 g/mol. The van der Waals surface area contributed by atoms with Crippen molar-refractivity contribution in [3.8, 4) is 11.5 Å². The Labute approximate surface area is 116 Å². The molecular formula is C15H14N4O. The second kappa shape index (κ2) is 4.77. The van der Waals surface area contributed by atoms with Crippen LogP contribution in [0.4, 0.5) is 0 Å². The first kappa shape index (κ1) is 12.3. The van der Waals surface area contributed by atoms with Crippen LogP contribution in [0.1, 0.15) is 21.6 Å². The van der Waals surface area contributed by atoms with E-state index in [9.17, 15) is 4.79 Å². The molecule has 0 saturated heterocycles. The van der Waals surface area contributed by atoms with E-state index in [-0.39, 0.29) is 0 Å². The van der Waals surface area contributed by atoms with E-state index in [4.69, 9.17) is 0 Å². The number of nitrogens with zero attached hydrogens (tertiary/aromatic N) is 4. The fourth-order valence-electron chi connectivity index (χ4n) is 2.16. The molecule has 2 aromatic heterocycles. The van der Waals surface area contributed by atoms with Gasteiger partial charge in [0.2, 0.25) is 0 Å². The first-order chi connectivity index (χ1) is 9.70. The van der Waals surface area contributed by atoms with Crippen molar-refractivity contribution in [2.45, 2.75) is 13.8 Å². The summed E-state index contributed by atoms with van der Waals surface area (Å²) in [4.78, 5) is 11.4. The summed E-state index contributed by atoms with van der Waals surface area (Å²) in [6.45, 7) is 3.78. The standard InChI is InChI=1S/C15H14N4O/c1-11-8-16-18(9-11)15-14(10-20)12(2)17-19(15)13-6-4-3-5-7-13/h3-10H,1-2H3. The molecule has 0 radical (unpaired) electrons. The third kappa shape index (κ3) is 1.93. The van der Waals surface area contributed by atoms with E-state index in [2.05, 4.69) is 10.2 Å². The van der Waals surface area contributed by atoms with Gasteiger partial charge in [0, 0.05) is 6.20 Å². The third-order valence-electron chi connectivity index (χ3n) is 3.13. The summed E-state index contributed by atoms with van der Waals surface area (Å²) in [7, 11) is 0. The molecule has 0 spiro atoms. The maximum absolute atomic E-state index is 11.4. The number of hydrogen-bond donors (Lipinski definition) is 0. The minimum atomic E-state index is 0.553. The van der Waals surface area contributed by atoms with Crippen molar-refractivity contribution in [1.82, 2.24) is 19.6 Å². The molecule has 3 aromatic rings. The molecule has 5 heteroatoms. The summed E-state index contributed by atoms with van der Waals surface area (Å²) < 4.78 is 3.43. The summed E-state index contributed by atoms with van der Waals surface area (Å²) >= 11 is 0. The van der Waals surface area contributed by atoms with Crippen LogP contribution in [0.25, 0.3) is 11.5 Å². The molecule has 2 heterocycles. The largest absolute Gasteiger partial charge is 0.298 e. The van der Waals surface area contributed by atoms with Crippen molar-refractivity contribution in [2.24, 2.45) is 0 Å². The highest BCUT2D eigenvalue weighted by molar-refractivity contribution is 5.82. The quantitative estimate of drug-likeness (QED) is 0.684. The van der Waals surface area contributed by atoms with Crippen LogP contribution in [0.15, 0.2) is 42.7 Å². The predicted molar refractivity (Wildman–Crippen MR) is 75.5 cm³/mol. The lowest BCUT2D eigenvalue weighted by molar-refractivity contribution is 0.112. The average molecular weight is 266 g/mol. The van der Waals surface area contributed by atoms with Gasteiger partial charge < -0.3 is 0 Å².